The van der Waals surface area contributed by atoms with Crippen LogP contribution in [0.2, 0.25) is 0 Å². The Balaban J connectivity index is 1.69. The summed E-state index contributed by atoms with van der Waals surface area (Å²) in [6, 6.07) is 14.0. The van der Waals surface area contributed by atoms with E-state index in [9.17, 15) is 9.59 Å². The SMILES string of the molecule is CCn1c(=O)c(CCC(=O)Nc2ccc(C)c(C)c2)c(C)c2c(C)nn(-c3ccc(C)cc3)c21. The van der Waals surface area contributed by atoms with E-state index in [1.165, 1.54) is 11.1 Å². The van der Waals surface area contributed by atoms with E-state index in [-0.39, 0.29) is 17.9 Å². The van der Waals surface area contributed by atoms with Crippen LogP contribution >= 0.6 is 0 Å². The molecule has 0 aliphatic heterocycles. The summed E-state index contributed by atoms with van der Waals surface area (Å²) in [7, 11) is 0. The van der Waals surface area contributed by atoms with Crippen LogP contribution in [0.15, 0.2) is 47.3 Å². The number of pyridine rings is 1. The fourth-order valence-corrected chi connectivity index (χ4v) is 4.51. The van der Waals surface area contributed by atoms with Gasteiger partial charge in [0.1, 0.15) is 5.65 Å². The quantitative estimate of drug-likeness (QED) is 0.427. The summed E-state index contributed by atoms with van der Waals surface area (Å²) < 4.78 is 3.64. The lowest BCUT2D eigenvalue weighted by atomic mass is 10.0. The molecule has 0 aliphatic carbocycles. The summed E-state index contributed by atoms with van der Waals surface area (Å²) in [6.07, 6.45) is 0.621. The third kappa shape index (κ3) is 4.28. The van der Waals surface area contributed by atoms with E-state index in [2.05, 4.69) is 5.32 Å². The lowest BCUT2D eigenvalue weighted by Gasteiger charge is -2.15. The van der Waals surface area contributed by atoms with Gasteiger partial charge in [0.15, 0.2) is 0 Å². The number of benzene rings is 2. The Morgan fingerprint density at radius 2 is 1.68 bits per heavy atom. The van der Waals surface area contributed by atoms with Crippen molar-refractivity contribution in [3.05, 3.63) is 86.3 Å². The van der Waals surface area contributed by atoms with Crippen LogP contribution in [0, 0.1) is 34.6 Å². The van der Waals surface area contributed by atoms with Gasteiger partial charge in [0.25, 0.3) is 5.56 Å². The molecule has 0 fully saturated rings. The lowest BCUT2D eigenvalue weighted by molar-refractivity contribution is -0.116. The molecule has 6 nitrogen and oxygen atoms in total. The van der Waals surface area contributed by atoms with Crippen molar-refractivity contribution in [1.82, 2.24) is 14.3 Å². The first-order chi connectivity index (χ1) is 16.2. The number of rotatable bonds is 6. The molecule has 0 aliphatic rings. The zero-order valence-electron chi connectivity index (χ0n) is 20.8. The van der Waals surface area contributed by atoms with E-state index in [0.29, 0.717) is 18.5 Å². The minimum atomic E-state index is -0.0997. The van der Waals surface area contributed by atoms with E-state index in [1.807, 2.05) is 88.7 Å². The van der Waals surface area contributed by atoms with E-state index in [0.717, 1.165) is 39.2 Å². The Bertz CT molecular complexity index is 1440. The number of amides is 1. The number of hydrogen-bond donors (Lipinski definition) is 1. The van der Waals surface area contributed by atoms with Crippen molar-refractivity contribution in [1.29, 1.82) is 0 Å². The minimum absolute atomic E-state index is 0.0558. The Hall–Kier alpha value is -3.67. The molecule has 2 aromatic heterocycles. The molecule has 176 valence electrons. The third-order valence-corrected chi connectivity index (χ3v) is 6.61. The molecule has 1 N–H and O–H groups in total. The lowest BCUT2D eigenvalue weighted by Crippen LogP contribution is -2.27. The largest absolute Gasteiger partial charge is 0.326 e. The number of nitrogens with one attached hydrogen (secondary N) is 1. The van der Waals surface area contributed by atoms with E-state index < -0.39 is 0 Å². The van der Waals surface area contributed by atoms with Crippen molar-refractivity contribution in [2.45, 2.75) is 60.9 Å². The fourth-order valence-electron chi connectivity index (χ4n) is 4.51. The van der Waals surface area contributed by atoms with Crippen LogP contribution in [0.5, 0.6) is 0 Å². The van der Waals surface area contributed by atoms with Gasteiger partial charge in [-0.15, -0.1) is 0 Å². The first-order valence-electron chi connectivity index (χ1n) is 11.8. The van der Waals surface area contributed by atoms with Gasteiger partial charge in [-0.2, -0.15) is 5.10 Å². The highest BCUT2D eigenvalue weighted by Gasteiger charge is 2.21. The highest BCUT2D eigenvalue weighted by Crippen LogP contribution is 2.26. The Morgan fingerprint density at radius 1 is 0.971 bits per heavy atom. The molecule has 0 radical (unpaired) electrons. The number of carbonyl (C=O) groups is 1. The molecule has 0 bridgehead atoms. The number of aryl methyl sites for hydroxylation is 6. The first-order valence-corrected chi connectivity index (χ1v) is 11.8. The van der Waals surface area contributed by atoms with Gasteiger partial charge in [-0.25, -0.2) is 4.68 Å². The van der Waals surface area contributed by atoms with Crippen molar-refractivity contribution in [2.75, 3.05) is 5.32 Å². The van der Waals surface area contributed by atoms with Crippen LogP contribution in [0.4, 0.5) is 5.69 Å². The van der Waals surface area contributed by atoms with Crippen LogP contribution in [-0.4, -0.2) is 20.3 Å². The van der Waals surface area contributed by atoms with E-state index in [1.54, 1.807) is 4.57 Å². The van der Waals surface area contributed by atoms with Crippen molar-refractivity contribution >= 4 is 22.6 Å². The van der Waals surface area contributed by atoms with E-state index in [4.69, 9.17) is 5.10 Å². The number of carbonyl (C=O) groups excluding carboxylic acids is 1. The highest BCUT2D eigenvalue weighted by molar-refractivity contribution is 5.91. The van der Waals surface area contributed by atoms with Gasteiger partial charge < -0.3 is 5.32 Å². The maximum Gasteiger partial charge on any atom is 0.255 e. The van der Waals surface area contributed by atoms with Gasteiger partial charge in [0.2, 0.25) is 5.91 Å². The summed E-state index contributed by atoms with van der Waals surface area (Å²) in [4.78, 5) is 26.2. The zero-order chi connectivity index (χ0) is 24.6. The normalized spacial score (nSPS) is 11.2. The fraction of sp³-hybridized carbons (Fsp3) is 0.321. The maximum absolute atomic E-state index is 13.5. The molecular formula is C28H32N4O2. The van der Waals surface area contributed by atoms with Crippen molar-refractivity contribution in [2.24, 2.45) is 0 Å². The molecule has 0 spiro atoms. The molecule has 0 saturated carbocycles. The monoisotopic (exact) mass is 456 g/mol. The van der Waals surface area contributed by atoms with Gasteiger partial charge in [-0.05, 0) is 88.9 Å². The smallest absolute Gasteiger partial charge is 0.255 e. The second-order valence-corrected chi connectivity index (χ2v) is 9.03. The maximum atomic E-state index is 13.5. The average molecular weight is 457 g/mol. The van der Waals surface area contributed by atoms with Crippen molar-refractivity contribution < 1.29 is 4.79 Å². The number of fused-ring (bicyclic) bond motifs is 1. The number of hydrogen-bond acceptors (Lipinski definition) is 3. The number of aromatic nitrogens is 3. The predicted molar refractivity (Wildman–Crippen MR) is 138 cm³/mol. The third-order valence-electron chi connectivity index (χ3n) is 6.61. The van der Waals surface area contributed by atoms with Crippen LogP contribution in [0.25, 0.3) is 16.7 Å². The summed E-state index contributed by atoms with van der Waals surface area (Å²) in [5, 5.41) is 8.73. The Kier molecular flexibility index (Phi) is 6.42. The zero-order valence-corrected chi connectivity index (χ0v) is 20.8. The van der Waals surface area contributed by atoms with Gasteiger partial charge in [0, 0.05) is 29.6 Å². The van der Waals surface area contributed by atoms with Crippen molar-refractivity contribution in [3.63, 3.8) is 0 Å². The first kappa shape index (κ1) is 23.5. The van der Waals surface area contributed by atoms with Crippen molar-refractivity contribution in [3.8, 4) is 5.69 Å². The molecule has 0 saturated heterocycles. The standard InChI is InChI=1S/C28H32N4O2/c1-7-31-27-26(21(6)30-32(27)23-12-8-17(2)9-13-23)20(5)24(28(31)34)14-15-25(33)29-22-11-10-18(3)19(4)16-22/h8-13,16H,7,14-15H2,1-6H3,(H,29,33). The van der Waals surface area contributed by atoms with Gasteiger partial charge in [0.05, 0.1) is 11.4 Å². The number of nitrogens with zero attached hydrogens (tertiary/aromatic N) is 3. The second-order valence-electron chi connectivity index (χ2n) is 9.03. The van der Waals surface area contributed by atoms with Gasteiger partial charge in [-0.1, -0.05) is 23.8 Å². The Labute approximate surface area is 200 Å². The molecule has 1 amide bonds. The molecule has 2 heterocycles. The second kappa shape index (κ2) is 9.29. The van der Waals surface area contributed by atoms with Crippen LogP contribution < -0.4 is 10.9 Å². The van der Waals surface area contributed by atoms with Crippen LogP contribution in [0.3, 0.4) is 0 Å². The van der Waals surface area contributed by atoms with Gasteiger partial charge in [-0.3, -0.25) is 14.2 Å². The topological polar surface area (TPSA) is 68.9 Å². The molecule has 0 unspecified atom stereocenters. The Morgan fingerprint density at radius 3 is 2.32 bits per heavy atom. The van der Waals surface area contributed by atoms with Crippen LogP contribution in [0.1, 0.15) is 46.9 Å². The van der Waals surface area contributed by atoms with E-state index >= 15 is 0 Å². The molecule has 0 atom stereocenters. The summed E-state index contributed by atoms with van der Waals surface area (Å²) in [6.45, 7) is 12.5. The summed E-state index contributed by atoms with van der Waals surface area (Å²) in [5.41, 5.74) is 8.38. The summed E-state index contributed by atoms with van der Waals surface area (Å²) >= 11 is 0. The molecule has 4 rings (SSSR count). The average Bonchev–Trinajstić information content (AvgIpc) is 3.14. The molecule has 4 aromatic rings. The number of anilines is 1. The molecular weight excluding hydrogens is 424 g/mol. The van der Waals surface area contributed by atoms with Gasteiger partial charge >= 0.3 is 0 Å². The highest BCUT2D eigenvalue weighted by atomic mass is 16.1. The minimum Gasteiger partial charge on any atom is -0.326 e. The molecule has 34 heavy (non-hydrogen) atoms. The molecule has 2 aromatic carbocycles. The molecule has 6 heteroatoms. The van der Waals surface area contributed by atoms with Crippen LogP contribution in [-0.2, 0) is 17.8 Å². The predicted octanol–water partition coefficient (Wildman–Crippen LogP) is 5.32. The summed E-state index contributed by atoms with van der Waals surface area (Å²) in [5.74, 6) is -0.0997.